The third-order valence-corrected chi connectivity index (χ3v) is 4.30. The number of aromatic nitrogens is 2. The quantitative estimate of drug-likeness (QED) is 0.800. The summed E-state index contributed by atoms with van der Waals surface area (Å²) in [4.78, 5) is 0. The Balaban J connectivity index is 2.02. The van der Waals surface area contributed by atoms with Gasteiger partial charge in [-0.15, -0.1) is 0 Å². The normalized spacial score (nSPS) is 19.6. The monoisotopic (exact) mass is 306 g/mol. The molecule has 1 aromatic carbocycles. The highest BCUT2D eigenvalue weighted by Gasteiger charge is 2.52. The number of hydrogen-bond donors (Lipinski definition) is 0. The van der Waals surface area contributed by atoms with E-state index in [2.05, 4.69) is 5.10 Å². The van der Waals surface area contributed by atoms with Gasteiger partial charge in [-0.1, -0.05) is 0 Å². The third kappa shape index (κ3) is 2.34. The van der Waals surface area contributed by atoms with E-state index < -0.39 is 30.0 Å². The van der Waals surface area contributed by atoms with Crippen molar-refractivity contribution in [3.8, 4) is 5.69 Å². The van der Waals surface area contributed by atoms with Crippen LogP contribution in [0.5, 0.6) is 0 Å². The predicted octanol–water partition coefficient (Wildman–Crippen LogP) is 2.45. The minimum absolute atomic E-state index is 0.0229. The minimum atomic E-state index is -0.699. The molecule has 0 N–H and O–H groups in total. The van der Waals surface area contributed by atoms with E-state index in [9.17, 15) is 8.78 Å². The van der Waals surface area contributed by atoms with Crippen molar-refractivity contribution in [1.82, 2.24) is 9.78 Å². The van der Waals surface area contributed by atoms with Crippen LogP contribution in [0.2, 0.25) is 0 Å². The van der Waals surface area contributed by atoms with E-state index in [1.165, 1.54) is 10.9 Å². The van der Waals surface area contributed by atoms with Gasteiger partial charge in [-0.2, -0.15) is 5.10 Å². The highest BCUT2D eigenvalue weighted by molar-refractivity contribution is 6.61. The summed E-state index contributed by atoms with van der Waals surface area (Å²) in [5.74, 6) is -1.10. The maximum absolute atomic E-state index is 14.0. The zero-order valence-electron chi connectivity index (χ0n) is 12.9. The fourth-order valence-corrected chi connectivity index (χ4v) is 2.31. The summed E-state index contributed by atoms with van der Waals surface area (Å²) in [6.07, 6.45) is 1.50. The lowest BCUT2D eigenvalue weighted by molar-refractivity contribution is 0.00578. The molecular weight excluding hydrogens is 289 g/mol. The van der Waals surface area contributed by atoms with Gasteiger partial charge >= 0.3 is 7.12 Å². The van der Waals surface area contributed by atoms with E-state index in [1.54, 1.807) is 6.07 Å². The van der Waals surface area contributed by atoms with E-state index in [1.807, 2.05) is 27.7 Å². The molecule has 1 aliphatic rings. The van der Waals surface area contributed by atoms with Crippen LogP contribution in [0.15, 0.2) is 30.5 Å². The Bertz CT molecular complexity index is 699. The first-order valence-corrected chi connectivity index (χ1v) is 7.06. The average molecular weight is 306 g/mol. The Morgan fingerprint density at radius 2 is 1.68 bits per heavy atom. The molecular formula is C15H17BF2N2O2. The molecule has 0 bridgehead atoms. The Kier molecular flexibility index (Phi) is 3.38. The minimum Gasteiger partial charge on any atom is -0.398 e. The molecule has 1 fully saturated rings. The van der Waals surface area contributed by atoms with Crippen molar-refractivity contribution >= 4 is 12.7 Å². The van der Waals surface area contributed by atoms with Gasteiger partial charge in [0, 0.05) is 12.3 Å². The SMILES string of the molecule is CC1(C)OB(c2ccnn2-c2cc(F)ccc2F)OC1(C)C. The standard InChI is InChI=1S/C15H17BF2N2O2/c1-14(2)15(3,4)22-16(21-14)13-7-8-19-20(13)12-9-10(17)5-6-11(12)18/h5-9H,1-4H3. The maximum Gasteiger partial charge on any atom is 0.514 e. The smallest absolute Gasteiger partial charge is 0.398 e. The molecule has 22 heavy (non-hydrogen) atoms. The first kappa shape index (κ1) is 15.2. The van der Waals surface area contributed by atoms with Gasteiger partial charge in [0.25, 0.3) is 0 Å². The largest absolute Gasteiger partial charge is 0.514 e. The highest BCUT2D eigenvalue weighted by Crippen LogP contribution is 2.36. The van der Waals surface area contributed by atoms with E-state index in [0.717, 1.165) is 18.2 Å². The van der Waals surface area contributed by atoms with Crippen molar-refractivity contribution in [3.05, 3.63) is 42.1 Å². The van der Waals surface area contributed by atoms with Gasteiger partial charge in [0.05, 0.1) is 16.8 Å². The molecule has 0 aliphatic carbocycles. The van der Waals surface area contributed by atoms with Gasteiger partial charge in [0.2, 0.25) is 0 Å². The lowest BCUT2D eigenvalue weighted by Crippen LogP contribution is -2.41. The summed E-state index contributed by atoms with van der Waals surface area (Å²) < 4.78 is 40.6. The van der Waals surface area contributed by atoms with Gasteiger partial charge in [0.1, 0.15) is 17.3 Å². The molecule has 0 spiro atoms. The fourth-order valence-electron chi connectivity index (χ4n) is 2.31. The molecule has 0 radical (unpaired) electrons. The van der Waals surface area contributed by atoms with Crippen LogP contribution in [0, 0.1) is 11.6 Å². The lowest BCUT2D eigenvalue weighted by Gasteiger charge is -2.32. The number of rotatable bonds is 2. The molecule has 0 unspecified atom stereocenters. The molecule has 1 aliphatic heterocycles. The second-order valence-corrected chi connectivity index (χ2v) is 6.35. The number of hydrogen-bond acceptors (Lipinski definition) is 3. The van der Waals surface area contributed by atoms with Gasteiger partial charge in [-0.05, 0) is 45.9 Å². The van der Waals surface area contributed by atoms with Gasteiger partial charge in [0.15, 0.2) is 0 Å². The van der Waals surface area contributed by atoms with Gasteiger partial charge in [-0.3, -0.25) is 0 Å². The lowest BCUT2D eigenvalue weighted by atomic mass is 9.84. The molecule has 3 rings (SSSR count). The second kappa shape index (κ2) is 4.89. The zero-order valence-corrected chi connectivity index (χ0v) is 12.9. The first-order chi connectivity index (χ1) is 10.2. The van der Waals surface area contributed by atoms with E-state index in [0.29, 0.717) is 5.59 Å². The van der Waals surface area contributed by atoms with Gasteiger partial charge < -0.3 is 9.31 Å². The van der Waals surface area contributed by atoms with Crippen LogP contribution in [0.1, 0.15) is 27.7 Å². The van der Waals surface area contributed by atoms with Gasteiger partial charge in [-0.25, -0.2) is 13.5 Å². The van der Waals surface area contributed by atoms with Crippen LogP contribution in [-0.4, -0.2) is 28.1 Å². The topological polar surface area (TPSA) is 36.3 Å². The van der Waals surface area contributed by atoms with Crippen molar-refractivity contribution in [1.29, 1.82) is 0 Å². The molecule has 0 atom stereocenters. The van der Waals surface area contributed by atoms with Crippen LogP contribution in [0.4, 0.5) is 8.78 Å². The number of nitrogens with zero attached hydrogens (tertiary/aromatic N) is 2. The van der Waals surface area contributed by atoms with E-state index in [-0.39, 0.29) is 5.69 Å². The summed E-state index contributed by atoms with van der Waals surface area (Å²) in [5, 5.41) is 4.08. The Labute approximate surface area is 128 Å². The predicted molar refractivity (Wildman–Crippen MR) is 79.2 cm³/mol. The summed E-state index contributed by atoms with van der Waals surface area (Å²) >= 11 is 0. The van der Waals surface area contributed by atoms with Crippen molar-refractivity contribution in [2.24, 2.45) is 0 Å². The summed E-state index contributed by atoms with van der Waals surface area (Å²) in [6, 6.07) is 4.90. The molecule has 116 valence electrons. The Morgan fingerprint density at radius 3 is 2.32 bits per heavy atom. The van der Waals surface area contributed by atoms with Crippen molar-refractivity contribution < 1.29 is 18.1 Å². The Morgan fingerprint density at radius 1 is 1.05 bits per heavy atom. The van der Waals surface area contributed by atoms with Crippen molar-refractivity contribution in [2.45, 2.75) is 38.9 Å². The molecule has 0 saturated carbocycles. The molecule has 1 aromatic heterocycles. The summed E-state index contributed by atoms with van der Waals surface area (Å²) in [6.45, 7) is 7.71. The fraction of sp³-hybridized carbons (Fsp3) is 0.400. The molecule has 4 nitrogen and oxygen atoms in total. The van der Waals surface area contributed by atoms with Crippen LogP contribution in [0.3, 0.4) is 0 Å². The van der Waals surface area contributed by atoms with Crippen molar-refractivity contribution in [2.75, 3.05) is 0 Å². The number of benzene rings is 1. The average Bonchev–Trinajstić information content (AvgIpc) is 2.96. The first-order valence-electron chi connectivity index (χ1n) is 7.06. The molecule has 7 heteroatoms. The maximum atomic E-state index is 14.0. The van der Waals surface area contributed by atoms with E-state index >= 15 is 0 Å². The summed E-state index contributed by atoms with van der Waals surface area (Å²) in [5.41, 5.74) is -0.501. The van der Waals surface area contributed by atoms with Crippen LogP contribution in [0.25, 0.3) is 5.69 Å². The van der Waals surface area contributed by atoms with E-state index in [4.69, 9.17) is 9.31 Å². The Hall–Kier alpha value is -1.73. The van der Waals surface area contributed by atoms with Crippen LogP contribution in [-0.2, 0) is 9.31 Å². The molecule has 2 heterocycles. The third-order valence-electron chi connectivity index (χ3n) is 4.30. The number of halogens is 2. The van der Waals surface area contributed by atoms with Crippen LogP contribution < -0.4 is 5.59 Å². The highest BCUT2D eigenvalue weighted by atomic mass is 19.1. The summed E-state index contributed by atoms with van der Waals surface area (Å²) in [7, 11) is -0.699. The zero-order chi connectivity index (χ0) is 16.1. The molecule has 2 aromatic rings. The van der Waals surface area contributed by atoms with Crippen molar-refractivity contribution in [3.63, 3.8) is 0 Å². The van der Waals surface area contributed by atoms with Crippen LogP contribution >= 0.6 is 0 Å². The molecule has 0 amide bonds. The molecule has 1 saturated heterocycles. The second-order valence-electron chi connectivity index (χ2n) is 6.35.